The molecule has 2 aromatic carbocycles. The molecule has 3 heteroatoms. The summed E-state index contributed by atoms with van der Waals surface area (Å²) < 4.78 is 2.40. The van der Waals surface area contributed by atoms with Crippen LogP contribution in [-0.2, 0) is 0 Å². The van der Waals surface area contributed by atoms with E-state index >= 15 is 0 Å². The molecule has 0 aliphatic carbocycles. The van der Waals surface area contributed by atoms with Crippen molar-refractivity contribution in [2.24, 2.45) is 0 Å². The number of hydrogen-bond donors (Lipinski definition) is 1. The predicted molar refractivity (Wildman–Crippen MR) is 138 cm³/mol. The summed E-state index contributed by atoms with van der Waals surface area (Å²) in [5.41, 5.74) is 9.02. The van der Waals surface area contributed by atoms with E-state index in [1.165, 1.54) is 39.1 Å². The van der Waals surface area contributed by atoms with Gasteiger partial charge < -0.3 is 5.11 Å². The van der Waals surface area contributed by atoms with Crippen LogP contribution in [0.5, 0.6) is 0 Å². The maximum atomic E-state index is 12.5. The van der Waals surface area contributed by atoms with Crippen LogP contribution in [0.1, 0.15) is 85.8 Å². The summed E-state index contributed by atoms with van der Waals surface area (Å²) >= 11 is 0. The molecule has 1 heterocycles. The Kier molecular flexibility index (Phi) is 7.50. The van der Waals surface area contributed by atoms with Gasteiger partial charge in [-0.3, -0.25) is 0 Å². The number of benzene rings is 2. The molecular weight excluding hydrogens is 392 g/mol. The molecule has 1 aliphatic rings. The highest BCUT2D eigenvalue weighted by molar-refractivity contribution is 5.84. The first-order valence-electron chi connectivity index (χ1n) is 12.4. The van der Waals surface area contributed by atoms with Crippen molar-refractivity contribution in [2.75, 3.05) is 4.90 Å². The second-order valence-corrected chi connectivity index (χ2v) is 10.0. The smallest absolute Gasteiger partial charge is 0.251 e. The van der Waals surface area contributed by atoms with E-state index in [0.29, 0.717) is 0 Å². The molecule has 0 saturated carbocycles. The Morgan fingerprint density at radius 3 is 1.81 bits per heavy atom. The third kappa shape index (κ3) is 4.50. The number of anilines is 1. The molecule has 2 atom stereocenters. The molecule has 3 nitrogen and oxygen atoms in total. The topological polar surface area (TPSA) is 26.5 Å². The summed E-state index contributed by atoms with van der Waals surface area (Å²) in [6.07, 6.45) is 8.27. The van der Waals surface area contributed by atoms with Gasteiger partial charge in [-0.05, 0) is 83.1 Å². The van der Waals surface area contributed by atoms with Crippen molar-refractivity contribution in [1.29, 1.82) is 0 Å². The zero-order chi connectivity index (χ0) is 23.6. The van der Waals surface area contributed by atoms with Gasteiger partial charge in [0.15, 0.2) is 6.04 Å². The quantitative estimate of drug-likeness (QED) is 0.445. The van der Waals surface area contributed by atoms with Crippen LogP contribution >= 0.6 is 0 Å². The average molecular weight is 436 g/mol. The first-order chi connectivity index (χ1) is 15.1. The normalized spacial score (nSPS) is 20.7. The highest BCUT2D eigenvalue weighted by atomic mass is 16.3. The monoisotopic (exact) mass is 435 g/mol. The Labute approximate surface area is 195 Å². The molecule has 0 fully saturated rings. The number of unbranched alkanes of at least 4 members (excludes halogenated alkanes) is 2. The van der Waals surface area contributed by atoms with Gasteiger partial charge in [0, 0.05) is 6.42 Å². The molecule has 0 aromatic heterocycles. The molecule has 32 heavy (non-hydrogen) atoms. The zero-order valence-corrected chi connectivity index (χ0v) is 21.5. The molecule has 2 unspecified atom stereocenters. The highest BCUT2D eigenvalue weighted by Gasteiger charge is 2.56. The molecule has 0 bridgehead atoms. The first-order valence-corrected chi connectivity index (χ1v) is 12.4. The van der Waals surface area contributed by atoms with Gasteiger partial charge in [0.1, 0.15) is 11.4 Å². The van der Waals surface area contributed by atoms with E-state index in [-0.39, 0.29) is 6.04 Å². The maximum Gasteiger partial charge on any atom is 0.251 e. The van der Waals surface area contributed by atoms with Crippen LogP contribution in [0.15, 0.2) is 24.3 Å². The van der Waals surface area contributed by atoms with Gasteiger partial charge in [0.25, 0.3) is 5.72 Å². The molecule has 0 spiro atoms. The van der Waals surface area contributed by atoms with Crippen molar-refractivity contribution in [3.05, 3.63) is 57.6 Å². The average Bonchev–Trinajstić information content (AvgIpc) is 2.95. The number of nitrogens with zero attached hydrogens (tertiary/aromatic N) is 2. The SMILES string of the molecule is CCCCC1[N+](c2c(C)cc(C)cc2C)=CN(c2c(C)cc(C)cc2C)C1(O)CCCC. The van der Waals surface area contributed by atoms with Gasteiger partial charge in [0.05, 0.1) is 0 Å². The van der Waals surface area contributed by atoms with E-state index in [1.54, 1.807) is 0 Å². The van der Waals surface area contributed by atoms with Crippen LogP contribution in [0.25, 0.3) is 0 Å². The Morgan fingerprint density at radius 1 is 0.812 bits per heavy atom. The fourth-order valence-electron chi connectivity index (χ4n) is 5.78. The van der Waals surface area contributed by atoms with Crippen LogP contribution in [0.3, 0.4) is 0 Å². The van der Waals surface area contributed by atoms with Crippen LogP contribution in [0, 0.1) is 41.5 Å². The van der Waals surface area contributed by atoms with Gasteiger partial charge >= 0.3 is 0 Å². The fourth-order valence-corrected chi connectivity index (χ4v) is 5.78. The molecule has 0 saturated heterocycles. The van der Waals surface area contributed by atoms with Crippen molar-refractivity contribution < 1.29 is 9.68 Å². The van der Waals surface area contributed by atoms with Crippen LogP contribution < -0.4 is 4.90 Å². The van der Waals surface area contributed by atoms with Crippen molar-refractivity contribution in [3.8, 4) is 0 Å². The Bertz CT molecular complexity index is 960. The van der Waals surface area contributed by atoms with Gasteiger partial charge in [-0.15, -0.1) is 0 Å². The lowest BCUT2D eigenvalue weighted by Crippen LogP contribution is -2.53. The molecular formula is C29H43N2O+. The first kappa shape index (κ1) is 24.5. The Hall–Kier alpha value is -2.13. The van der Waals surface area contributed by atoms with Crippen molar-refractivity contribution >= 4 is 17.7 Å². The molecule has 174 valence electrons. The van der Waals surface area contributed by atoms with E-state index in [9.17, 15) is 5.11 Å². The van der Waals surface area contributed by atoms with Crippen LogP contribution in [0.4, 0.5) is 11.4 Å². The molecule has 3 rings (SSSR count). The van der Waals surface area contributed by atoms with Crippen LogP contribution in [0.2, 0.25) is 0 Å². The number of aliphatic hydroxyl groups is 1. The van der Waals surface area contributed by atoms with E-state index in [4.69, 9.17) is 0 Å². The molecule has 0 amide bonds. The molecule has 1 aliphatic heterocycles. The van der Waals surface area contributed by atoms with E-state index in [1.807, 2.05) is 0 Å². The lowest BCUT2D eigenvalue weighted by Gasteiger charge is -2.33. The Balaban J connectivity index is 2.26. The second-order valence-electron chi connectivity index (χ2n) is 10.0. The Morgan fingerprint density at radius 2 is 1.31 bits per heavy atom. The predicted octanol–water partition coefficient (Wildman–Crippen LogP) is 7.17. The zero-order valence-electron chi connectivity index (χ0n) is 21.5. The number of rotatable bonds is 8. The van der Waals surface area contributed by atoms with Crippen molar-refractivity contribution in [3.63, 3.8) is 0 Å². The minimum atomic E-state index is -0.931. The van der Waals surface area contributed by atoms with Crippen LogP contribution in [-0.4, -0.2) is 27.8 Å². The molecule has 1 N–H and O–H groups in total. The summed E-state index contributed by atoms with van der Waals surface area (Å²) in [7, 11) is 0. The van der Waals surface area contributed by atoms with E-state index in [2.05, 4.69) is 95.5 Å². The summed E-state index contributed by atoms with van der Waals surface area (Å²) in [5.74, 6) is 0. The summed E-state index contributed by atoms with van der Waals surface area (Å²) in [6, 6.07) is 9.03. The number of aryl methyl sites for hydroxylation is 6. The standard InChI is InChI=1S/C29H43N2O/c1-9-11-13-26-29(32,14-12-10-2)31(28-24(7)17-21(4)18-25(28)8)19-30(26)27-22(5)15-20(3)16-23(27)6/h15-19,26,32H,9-14H2,1-8H3/q+1. The molecule has 0 radical (unpaired) electrons. The summed E-state index contributed by atoms with van der Waals surface area (Å²) in [4.78, 5) is 2.21. The second kappa shape index (κ2) is 9.79. The van der Waals surface area contributed by atoms with E-state index < -0.39 is 5.72 Å². The minimum absolute atomic E-state index is 0.0224. The van der Waals surface area contributed by atoms with Crippen molar-refractivity contribution in [1.82, 2.24) is 0 Å². The van der Waals surface area contributed by atoms with Gasteiger partial charge in [0.2, 0.25) is 6.34 Å². The van der Waals surface area contributed by atoms with E-state index in [0.717, 1.165) is 44.2 Å². The van der Waals surface area contributed by atoms with Gasteiger partial charge in [-0.2, -0.15) is 4.90 Å². The summed E-state index contributed by atoms with van der Waals surface area (Å²) in [6.45, 7) is 17.5. The van der Waals surface area contributed by atoms with Gasteiger partial charge in [-0.1, -0.05) is 62.1 Å². The third-order valence-corrected chi connectivity index (χ3v) is 7.03. The lowest BCUT2D eigenvalue weighted by atomic mass is 9.90. The third-order valence-electron chi connectivity index (χ3n) is 7.03. The largest absolute Gasteiger partial charge is 0.350 e. The highest BCUT2D eigenvalue weighted by Crippen LogP contribution is 2.42. The summed E-state index contributed by atoms with van der Waals surface area (Å²) in [5, 5.41) is 12.5. The number of hydrogen-bond acceptors (Lipinski definition) is 2. The van der Waals surface area contributed by atoms with Gasteiger partial charge in [-0.25, -0.2) is 4.58 Å². The molecule has 2 aromatic rings. The fraction of sp³-hybridized carbons (Fsp3) is 0.552. The van der Waals surface area contributed by atoms with Crippen molar-refractivity contribution in [2.45, 2.75) is 106 Å². The lowest BCUT2D eigenvalue weighted by molar-refractivity contribution is -0.494. The minimum Gasteiger partial charge on any atom is -0.350 e. The maximum absolute atomic E-state index is 12.5.